The van der Waals surface area contributed by atoms with E-state index in [0.717, 1.165) is 5.56 Å². The molecule has 0 aliphatic heterocycles. The van der Waals surface area contributed by atoms with Crippen molar-refractivity contribution in [2.45, 2.75) is 26.4 Å². The standard InChI is InChI=1S/C16H20N2O3/c1-13(2)21-15(19)10-12-18-16(20)17-11-6-9-14-7-4-3-5-8-14/h3-5,7-8,13H,10-12H2,1-2H3,(H2,17,18,20). The van der Waals surface area contributed by atoms with Gasteiger partial charge >= 0.3 is 12.0 Å². The summed E-state index contributed by atoms with van der Waals surface area (Å²) in [7, 11) is 0. The molecule has 0 spiro atoms. The van der Waals surface area contributed by atoms with Crippen LogP contribution in [-0.2, 0) is 9.53 Å². The second kappa shape index (κ2) is 9.43. The molecule has 1 rings (SSSR count). The highest BCUT2D eigenvalue weighted by Gasteiger charge is 2.05. The Morgan fingerprint density at radius 1 is 1.19 bits per heavy atom. The Hall–Kier alpha value is -2.48. The zero-order valence-corrected chi connectivity index (χ0v) is 12.3. The fourth-order valence-corrected chi connectivity index (χ4v) is 1.45. The summed E-state index contributed by atoms with van der Waals surface area (Å²) < 4.78 is 4.95. The number of benzene rings is 1. The summed E-state index contributed by atoms with van der Waals surface area (Å²) in [6.45, 7) is 4.05. The van der Waals surface area contributed by atoms with Crippen LogP contribution in [0.25, 0.3) is 0 Å². The molecule has 0 fully saturated rings. The number of amides is 2. The molecule has 2 amide bonds. The lowest BCUT2D eigenvalue weighted by Gasteiger charge is -2.08. The first kappa shape index (κ1) is 16.6. The third-order valence-corrected chi connectivity index (χ3v) is 2.33. The van der Waals surface area contributed by atoms with Crippen LogP contribution in [0.4, 0.5) is 4.79 Å². The second-order valence-electron chi connectivity index (χ2n) is 4.57. The van der Waals surface area contributed by atoms with Gasteiger partial charge in [-0.25, -0.2) is 4.79 Å². The summed E-state index contributed by atoms with van der Waals surface area (Å²) in [5.41, 5.74) is 0.899. The summed E-state index contributed by atoms with van der Waals surface area (Å²) in [6.07, 6.45) is 0.0148. The lowest BCUT2D eigenvalue weighted by molar-refractivity contribution is -0.147. The number of urea groups is 1. The van der Waals surface area contributed by atoms with E-state index in [1.54, 1.807) is 13.8 Å². The Morgan fingerprint density at radius 3 is 2.57 bits per heavy atom. The molecule has 0 aliphatic carbocycles. The quantitative estimate of drug-likeness (QED) is 0.640. The lowest BCUT2D eigenvalue weighted by atomic mass is 10.2. The molecule has 1 aromatic carbocycles. The molecule has 0 radical (unpaired) electrons. The van der Waals surface area contributed by atoms with Gasteiger partial charge in [0.25, 0.3) is 0 Å². The molecule has 0 atom stereocenters. The summed E-state index contributed by atoms with van der Waals surface area (Å²) >= 11 is 0. The molecule has 0 saturated heterocycles. The zero-order chi connectivity index (χ0) is 15.5. The molecule has 1 aromatic rings. The van der Waals surface area contributed by atoms with Gasteiger partial charge < -0.3 is 15.4 Å². The van der Waals surface area contributed by atoms with Crippen LogP contribution in [0.2, 0.25) is 0 Å². The summed E-state index contributed by atoms with van der Waals surface area (Å²) in [6, 6.07) is 9.16. The van der Waals surface area contributed by atoms with Gasteiger partial charge in [-0.15, -0.1) is 0 Å². The van der Waals surface area contributed by atoms with Gasteiger partial charge in [-0.3, -0.25) is 4.79 Å². The fraction of sp³-hybridized carbons (Fsp3) is 0.375. The highest BCUT2D eigenvalue weighted by molar-refractivity contribution is 5.75. The average Bonchev–Trinajstić information content (AvgIpc) is 2.44. The van der Waals surface area contributed by atoms with Crippen molar-refractivity contribution < 1.29 is 14.3 Å². The molecule has 2 N–H and O–H groups in total. The molecular weight excluding hydrogens is 268 g/mol. The Balaban J connectivity index is 2.15. The number of carbonyl (C=O) groups is 2. The molecule has 0 saturated carbocycles. The Bertz CT molecular complexity index is 515. The maximum Gasteiger partial charge on any atom is 0.315 e. The van der Waals surface area contributed by atoms with Crippen LogP contribution in [0, 0.1) is 11.8 Å². The van der Waals surface area contributed by atoms with Gasteiger partial charge in [0.2, 0.25) is 0 Å². The number of hydrogen-bond acceptors (Lipinski definition) is 3. The van der Waals surface area contributed by atoms with E-state index in [4.69, 9.17) is 4.74 Å². The molecule has 0 bridgehead atoms. The van der Waals surface area contributed by atoms with Gasteiger partial charge in [0.1, 0.15) is 0 Å². The summed E-state index contributed by atoms with van der Waals surface area (Å²) in [4.78, 5) is 22.7. The number of ether oxygens (including phenoxy) is 1. The molecule has 112 valence electrons. The third-order valence-electron chi connectivity index (χ3n) is 2.33. The van der Waals surface area contributed by atoms with E-state index in [2.05, 4.69) is 22.5 Å². The first-order chi connectivity index (χ1) is 10.1. The molecule has 5 nitrogen and oxygen atoms in total. The number of hydrogen-bond donors (Lipinski definition) is 2. The Kier molecular flexibility index (Phi) is 7.44. The van der Waals surface area contributed by atoms with E-state index in [0.29, 0.717) is 0 Å². The van der Waals surface area contributed by atoms with E-state index >= 15 is 0 Å². The largest absolute Gasteiger partial charge is 0.463 e. The predicted molar refractivity (Wildman–Crippen MR) is 80.6 cm³/mol. The van der Waals surface area contributed by atoms with Crippen molar-refractivity contribution in [3.05, 3.63) is 35.9 Å². The maximum absolute atomic E-state index is 11.4. The van der Waals surface area contributed by atoms with Gasteiger partial charge in [0.15, 0.2) is 0 Å². The van der Waals surface area contributed by atoms with Gasteiger partial charge in [-0.2, -0.15) is 0 Å². The van der Waals surface area contributed by atoms with Crippen molar-refractivity contribution in [1.82, 2.24) is 10.6 Å². The van der Waals surface area contributed by atoms with Crippen LogP contribution >= 0.6 is 0 Å². The third kappa shape index (κ3) is 8.32. The number of carbonyl (C=O) groups excluding carboxylic acids is 2. The van der Waals surface area contributed by atoms with E-state index in [1.165, 1.54) is 0 Å². The van der Waals surface area contributed by atoms with Gasteiger partial charge in [0.05, 0.1) is 19.1 Å². The van der Waals surface area contributed by atoms with Crippen LogP contribution in [0.1, 0.15) is 25.8 Å². The van der Waals surface area contributed by atoms with Gasteiger partial charge in [-0.1, -0.05) is 30.0 Å². The first-order valence-corrected chi connectivity index (χ1v) is 6.83. The van der Waals surface area contributed by atoms with Crippen LogP contribution in [0.3, 0.4) is 0 Å². The smallest absolute Gasteiger partial charge is 0.315 e. The number of nitrogens with one attached hydrogen (secondary N) is 2. The van der Waals surface area contributed by atoms with E-state index in [-0.39, 0.29) is 37.6 Å². The van der Waals surface area contributed by atoms with E-state index < -0.39 is 0 Å². The highest BCUT2D eigenvalue weighted by Crippen LogP contribution is 1.94. The Labute approximate surface area is 125 Å². The van der Waals surface area contributed by atoms with Crippen molar-refractivity contribution in [1.29, 1.82) is 0 Å². The molecule has 0 unspecified atom stereocenters. The van der Waals surface area contributed by atoms with E-state index in [1.807, 2.05) is 30.3 Å². The maximum atomic E-state index is 11.4. The van der Waals surface area contributed by atoms with Crippen LogP contribution in [0.15, 0.2) is 30.3 Å². The summed E-state index contributed by atoms with van der Waals surface area (Å²) in [5.74, 6) is 5.45. The van der Waals surface area contributed by atoms with Crippen molar-refractivity contribution in [2.24, 2.45) is 0 Å². The fourth-order valence-electron chi connectivity index (χ4n) is 1.45. The van der Waals surface area contributed by atoms with Crippen molar-refractivity contribution in [3.8, 4) is 11.8 Å². The summed E-state index contributed by atoms with van der Waals surface area (Å²) in [5, 5.41) is 5.16. The average molecular weight is 288 g/mol. The molecular formula is C16H20N2O3. The van der Waals surface area contributed by atoms with Crippen LogP contribution in [0.5, 0.6) is 0 Å². The van der Waals surface area contributed by atoms with Crippen LogP contribution < -0.4 is 10.6 Å². The molecule has 5 heteroatoms. The minimum atomic E-state index is -0.352. The SMILES string of the molecule is CC(C)OC(=O)CCNC(=O)NCC#Cc1ccccc1. The second-order valence-corrected chi connectivity index (χ2v) is 4.57. The zero-order valence-electron chi connectivity index (χ0n) is 12.3. The van der Waals surface area contributed by atoms with E-state index in [9.17, 15) is 9.59 Å². The van der Waals surface area contributed by atoms with Gasteiger partial charge in [0, 0.05) is 12.1 Å². The monoisotopic (exact) mass is 288 g/mol. The normalized spacial score (nSPS) is 9.48. The molecule has 0 aliphatic rings. The Morgan fingerprint density at radius 2 is 1.90 bits per heavy atom. The molecule has 21 heavy (non-hydrogen) atoms. The number of esters is 1. The minimum absolute atomic E-state index is 0.139. The highest BCUT2D eigenvalue weighted by atomic mass is 16.5. The predicted octanol–water partition coefficient (Wildman–Crippen LogP) is 1.68. The van der Waals surface area contributed by atoms with Crippen molar-refractivity contribution >= 4 is 12.0 Å². The lowest BCUT2D eigenvalue weighted by Crippen LogP contribution is -2.37. The topological polar surface area (TPSA) is 67.4 Å². The molecule has 0 aromatic heterocycles. The van der Waals surface area contributed by atoms with Gasteiger partial charge in [-0.05, 0) is 26.0 Å². The molecule has 0 heterocycles. The first-order valence-electron chi connectivity index (χ1n) is 6.83. The minimum Gasteiger partial charge on any atom is -0.463 e. The van der Waals surface area contributed by atoms with Crippen molar-refractivity contribution in [3.63, 3.8) is 0 Å². The number of rotatable bonds is 5. The van der Waals surface area contributed by atoms with Crippen LogP contribution in [-0.4, -0.2) is 31.2 Å². The van der Waals surface area contributed by atoms with Crippen molar-refractivity contribution in [2.75, 3.05) is 13.1 Å².